The summed E-state index contributed by atoms with van der Waals surface area (Å²) in [5, 5.41) is 13.0. The van der Waals surface area contributed by atoms with E-state index in [1.54, 1.807) is 6.92 Å². The molecule has 2 atom stereocenters. The van der Waals surface area contributed by atoms with Crippen LogP contribution in [0, 0.1) is 11.6 Å². The van der Waals surface area contributed by atoms with Crippen molar-refractivity contribution in [2.45, 2.75) is 44.5 Å². The second-order valence-corrected chi connectivity index (χ2v) is 6.38. The van der Waals surface area contributed by atoms with Crippen molar-refractivity contribution < 1.29 is 31.9 Å². The lowest BCUT2D eigenvalue weighted by Gasteiger charge is -2.23. The second kappa shape index (κ2) is 9.14. The van der Waals surface area contributed by atoms with E-state index in [1.807, 2.05) is 0 Å². The number of aliphatic hydroxyl groups excluding tert-OH is 1. The predicted octanol–water partition coefficient (Wildman–Crippen LogP) is 4.54. The van der Waals surface area contributed by atoms with Gasteiger partial charge in [0, 0.05) is 6.42 Å². The molecule has 2 rings (SSSR count). The summed E-state index contributed by atoms with van der Waals surface area (Å²) < 4.78 is 64.6. The highest BCUT2D eigenvalue weighted by Gasteiger charge is 2.30. The predicted molar refractivity (Wildman–Crippen MR) is 93.3 cm³/mol. The number of nitrogens with one attached hydrogen (secondary N) is 1. The Morgan fingerprint density at radius 3 is 2.32 bits per heavy atom. The van der Waals surface area contributed by atoms with Gasteiger partial charge < -0.3 is 10.4 Å². The molecule has 0 aromatic heterocycles. The number of aryl methyl sites for hydroxylation is 1. The van der Waals surface area contributed by atoms with Crippen molar-refractivity contribution in [3.05, 3.63) is 70.8 Å². The zero-order valence-electron chi connectivity index (χ0n) is 15.1. The summed E-state index contributed by atoms with van der Waals surface area (Å²) in [6.07, 6.45) is -5.52. The molecule has 0 saturated heterocycles. The highest BCUT2D eigenvalue weighted by Crippen LogP contribution is 2.30. The molecule has 1 amide bonds. The van der Waals surface area contributed by atoms with Crippen LogP contribution in [0.3, 0.4) is 0 Å². The molecule has 0 saturated carbocycles. The van der Waals surface area contributed by atoms with Gasteiger partial charge in [0.2, 0.25) is 5.91 Å². The van der Waals surface area contributed by atoms with Crippen LogP contribution < -0.4 is 5.32 Å². The molecule has 0 fully saturated rings. The van der Waals surface area contributed by atoms with E-state index in [2.05, 4.69) is 5.32 Å². The zero-order chi connectivity index (χ0) is 20.9. The minimum Gasteiger partial charge on any atom is -0.386 e. The van der Waals surface area contributed by atoms with Crippen molar-refractivity contribution in [3.8, 4) is 0 Å². The topological polar surface area (TPSA) is 49.3 Å². The smallest absolute Gasteiger partial charge is 0.386 e. The van der Waals surface area contributed by atoms with E-state index in [4.69, 9.17) is 0 Å². The number of benzene rings is 2. The number of halogens is 5. The van der Waals surface area contributed by atoms with Gasteiger partial charge in [0.15, 0.2) is 0 Å². The van der Waals surface area contributed by atoms with Crippen LogP contribution in [0.1, 0.15) is 42.6 Å². The summed E-state index contributed by atoms with van der Waals surface area (Å²) in [7, 11) is 0. The minimum absolute atomic E-state index is 0.0256. The standard InChI is InChI=1S/C20H20F5NO2/c1-2-17(19(28)12-3-6-14(7-4-12)20(23,24)25)26-18(27)10-5-13-11-15(21)8-9-16(13)22/h3-4,6-9,11,17,19,28H,2,5,10H2,1H3,(H,26,27). The van der Waals surface area contributed by atoms with E-state index in [-0.39, 0.29) is 24.0 Å². The number of rotatable bonds is 7. The van der Waals surface area contributed by atoms with Gasteiger partial charge in [-0.3, -0.25) is 4.79 Å². The van der Waals surface area contributed by atoms with Gasteiger partial charge >= 0.3 is 6.18 Å². The van der Waals surface area contributed by atoms with E-state index in [0.717, 1.165) is 42.5 Å². The molecule has 2 N–H and O–H groups in total. The lowest BCUT2D eigenvalue weighted by Crippen LogP contribution is -2.39. The number of aliphatic hydroxyl groups is 1. The van der Waals surface area contributed by atoms with E-state index in [0.29, 0.717) is 6.42 Å². The van der Waals surface area contributed by atoms with E-state index in [1.165, 1.54) is 0 Å². The van der Waals surface area contributed by atoms with Crippen molar-refractivity contribution in [1.29, 1.82) is 0 Å². The summed E-state index contributed by atoms with van der Waals surface area (Å²) in [6, 6.07) is 6.27. The van der Waals surface area contributed by atoms with Crippen LogP contribution in [0.5, 0.6) is 0 Å². The van der Waals surface area contributed by atoms with Crippen molar-refractivity contribution in [3.63, 3.8) is 0 Å². The molecule has 2 unspecified atom stereocenters. The van der Waals surface area contributed by atoms with E-state index >= 15 is 0 Å². The molecule has 0 aliphatic carbocycles. The number of carbonyl (C=O) groups excluding carboxylic acids is 1. The average molecular weight is 401 g/mol. The van der Waals surface area contributed by atoms with Gasteiger partial charge in [0.05, 0.1) is 17.7 Å². The first-order valence-corrected chi connectivity index (χ1v) is 8.70. The molecule has 3 nitrogen and oxygen atoms in total. The zero-order valence-corrected chi connectivity index (χ0v) is 15.1. The summed E-state index contributed by atoms with van der Waals surface area (Å²) in [5.74, 6) is -1.71. The first kappa shape index (κ1) is 21.8. The van der Waals surface area contributed by atoms with Crippen LogP contribution in [0.25, 0.3) is 0 Å². The highest BCUT2D eigenvalue weighted by molar-refractivity contribution is 5.76. The molecule has 2 aromatic carbocycles. The van der Waals surface area contributed by atoms with Gasteiger partial charge in [0.25, 0.3) is 0 Å². The quantitative estimate of drug-likeness (QED) is 0.669. The number of hydrogen-bond donors (Lipinski definition) is 2. The van der Waals surface area contributed by atoms with Gasteiger partial charge in [-0.2, -0.15) is 13.2 Å². The third-order valence-corrected chi connectivity index (χ3v) is 4.38. The molecule has 28 heavy (non-hydrogen) atoms. The van der Waals surface area contributed by atoms with Crippen molar-refractivity contribution in [1.82, 2.24) is 5.32 Å². The van der Waals surface area contributed by atoms with E-state index in [9.17, 15) is 31.9 Å². The van der Waals surface area contributed by atoms with Gasteiger partial charge in [-0.05, 0) is 54.3 Å². The number of carbonyl (C=O) groups is 1. The van der Waals surface area contributed by atoms with Gasteiger partial charge in [-0.1, -0.05) is 19.1 Å². The molecular weight excluding hydrogens is 381 g/mol. The molecule has 0 bridgehead atoms. The highest BCUT2D eigenvalue weighted by atomic mass is 19.4. The van der Waals surface area contributed by atoms with Crippen molar-refractivity contribution in [2.24, 2.45) is 0 Å². The molecule has 0 aliphatic heterocycles. The van der Waals surface area contributed by atoms with Crippen LogP contribution in [0.15, 0.2) is 42.5 Å². The maximum absolute atomic E-state index is 13.6. The molecule has 0 spiro atoms. The van der Waals surface area contributed by atoms with Crippen LogP contribution in [0.4, 0.5) is 22.0 Å². The Balaban J connectivity index is 1.98. The lowest BCUT2D eigenvalue weighted by atomic mass is 9.98. The van der Waals surface area contributed by atoms with Crippen LogP contribution in [-0.2, 0) is 17.4 Å². The Kier molecular flexibility index (Phi) is 7.12. The molecule has 0 radical (unpaired) electrons. The molecule has 0 heterocycles. The summed E-state index contributed by atoms with van der Waals surface area (Å²) in [6.45, 7) is 1.70. The molecule has 8 heteroatoms. The first-order chi connectivity index (χ1) is 13.1. The van der Waals surface area contributed by atoms with Crippen molar-refractivity contribution >= 4 is 5.91 Å². The molecule has 0 aliphatic rings. The van der Waals surface area contributed by atoms with Gasteiger partial charge in [0.1, 0.15) is 11.6 Å². The number of amides is 1. The fourth-order valence-corrected chi connectivity index (χ4v) is 2.77. The molecule has 152 valence electrons. The van der Waals surface area contributed by atoms with Gasteiger partial charge in [-0.15, -0.1) is 0 Å². The minimum atomic E-state index is -4.48. The molecular formula is C20H20F5NO2. The number of hydrogen-bond acceptors (Lipinski definition) is 2. The lowest BCUT2D eigenvalue weighted by molar-refractivity contribution is -0.137. The SMILES string of the molecule is CCC(NC(=O)CCc1cc(F)ccc1F)C(O)c1ccc(C(F)(F)F)cc1. The third kappa shape index (κ3) is 5.76. The van der Waals surface area contributed by atoms with Crippen LogP contribution in [0.2, 0.25) is 0 Å². The fourth-order valence-electron chi connectivity index (χ4n) is 2.77. The van der Waals surface area contributed by atoms with Crippen LogP contribution >= 0.6 is 0 Å². The molecule has 2 aromatic rings. The first-order valence-electron chi connectivity index (χ1n) is 8.70. The van der Waals surface area contributed by atoms with Gasteiger partial charge in [-0.25, -0.2) is 8.78 Å². The number of alkyl halides is 3. The summed E-state index contributed by atoms with van der Waals surface area (Å²) in [4.78, 5) is 12.1. The summed E-state index contributed by atoms with van der Waals surface area (Å²) >= 11 is 0. The van der Waals surface area contributed by atoms with Crippen LogP contribution in [-0.4, -0.2) is 17.1 Å². The largest absolute Gasteiger partial charge is 0.416 e. The maximum Gasteiger partial charge on any atom is 0.416 e. The third-order valence-electron chi connectivity index (χ3n) is 4.38. The fraction of sp³-hybridized carbons (Fsp3) is 0.350. The average Bonchev–Trinajstić information content (AvgIpc) is 2.65. The monoisotopic (exact) mass is 401 g/mol. The normalized spacial score (nSPS) is 13.8. The second-order valence-electron chi connectivity index (χ2n) is 6.38. The van der Waals surface area contributed by atoms with E-state index < -0.39 is 41.4 Å². The summed E-state index contributed by atoms with van der Waals surface area (Å²) in [5.41, 5.74) is -0.541. The maximum atomic E-state index is 13.6. The Bertz CT molecular complexity index is 805. The Hall–Kier alpha value is -2.48. The van der Waals surface area contributed by atoms with Crippen molar-refractivity contribution in [2.75, 3.05) is 0 Å². The Morgan fingerprint density at radius 1 is 1.11 bits per heavy atom. The Morgan fingerprint density at radius 2 is 1.75 bits per heavy atom. The Labute approximate surface area is 159 Å².